The van der Waals surface area contributed by atoms with Crippen LogP contribution in [0.15, 0.2) is 115 Å². The van der Waals surface area contributed by atoms with Gasteiger partial charge in [-0.3, -0.25) is 0 Å². The van der Waals surface area contributed by atoms with E-state index in [0.29, 0.717) is 0 Å². The molecule has 0 fully saturated rings. The molecule has 0 unspecified atom stereocenters. The Morgan fingerprint density at radius 2 is 1.03 bits per heavy atom. The van der Waals surface area contributed by atoms with E-state index in [0.717, 1.165) is 0 Å². The highest BCUT2D eigenvalue weighted by atomic mass is 32.1. The first-order valence-corrected chi connectivity index (χ1v) is 13.8. The molecule has 0 radical (unpaired) electrons. The van der Waals surface area contributed by atoms with Gasteiger partial charge in [0.05, 0.1) is 16.6 Å². The summed E-state index contributed by atoms with van der Waals surface area (Å²) in [4.78, 5) is 0. The minimum atomic E-state index is 1.21. The van der Waals surface area contributed by atoms with Crippen LogP contribution in [0.25, 0.3) is 80.2 Å². The first-order valence-electron chi connectivity index (χ1n) is 13.0. The molecule has 0 aliphatic rings. The molecule has 0 spiro atoms. The molecule has 6 aromatic carbocycles. The van der Waals surface area contributed by atoms with E-state index in [1.165, 1.54) is 80.2 Å². The molecular weight excluding hydrogens is 480 g/mol. The van der Waals surface area contributed by atoms with Crippen molar-refractivity contribution in [1.82, 2.24) is 9.13 Å². The largest absolute Gasteiger partial charge is 0.343 e. The average molecular weight is 503 g/mol. The lowest BCUT2D eigenvalue weighted by Gasteiger charge is -2.12. The van der Waals surface area contributed by atoms with Crippen molar-refractivity contribution in [2.45, 2.75) is 0 Å². The quantitative estimate of drug-likeness (QED) is 0.211. The van der Waals surface area contributed by atoms with E-state index in [2.05, 4.69) is 131 Å². The summed E-state index contributed by atoms with van der Waals surface area (Å²) in [5.41, 5.74) is 6.31. The number of fused-ring (bicyclic) bond motifs is 13. The molecule has 178 valence electrons. The Kier molecular flexibility index (Phi) is 3.90. The lowest BCUT2D eigenvalue weighted by molar-refractivity contribution is 1.02. The van der Waals surface area contributed by atoms with E-state index in [4.69, 9.17) is 0 Å². The predicted molar refractivity (Wildman–Crippen MR) is 165 cm³/mol. The van der Waals surface area contributed by atoms with Gasteiger partial charge in [-0.1, -0.05) is 84.9 Å². The Hall–Kier alpha value is -4.60. The Morgan fingerprint density at radius 3 is 1.82 bits per heavy atom. The van der Waals surface area contributed by atoms with Crippen LogP contribution in [0.3, 0.4) is 0 Å². The molecule has 0 saturated heterocycles. The summed E-state index contributed by atoms with van der Waals surface area (Å²) in [6.45, 7) is 0. The van der Waals surface area contributed by atoms with Gasteiger partial charge in [0, 0.05) is 70.7 Å². The molecule has 38 heavy (non-hydrogen) atoms. The van der Waals surface area contributed by atoms with Gasteiger partial charge in [-0.15, -0.1) is 11.3 Å². The molecule has 0 aliphatic heterocycles. The highest BCUT2D eigenvalue weighted by Gasteiger charge is 2.22. The molecule has 3 heteroatoms. The maximum absolute atomic E-state index is 2.50. The zero-order chi connectivity index (χ0) is 25.0. The van der Waals surface area contributed by atoms with Crippen molar-refractivity contribution in [1.29, 1.82) is 0 Å². The number of hydrogen-bond donors (Lipinski definition) is 0. The van der Waals surface area contributed by atoms with Gasteiger partial charge in [0.2, 0.25) is 0 Å². The minimum Gasteiger partial charge on any atom is -0.343 e. The van der Waals surface area contributed by atoms with E-state index in [-0.39, 0.29) is 0 Å². The fourth-order valence-electron chi connectivity index (χ4n) is 6.73. The van der Waals surface area contributed by atoms with Gasteiger partial charge in [0.25, 0.3) is 0 Å². The Morgan fingerprint density at radius 1 is 0.474 bits per heavy atom. The summed E-state index contributed by atoms with van der Waals surface area (Å²) in [6, 6.07) is 42.4. The topological polar surface area (TPSA) is 9.86 Å². The van der Waals surface area contributed by atoms with Gasteiger partial charge in [0.15, 0.2) is 0 Å². The van der Waals surface area contributed by atoms with Crippen LogP contribution in [0.2, 0.25) is 0 Å². The van der Waals surface area contributed by atoms with Crippen LogP contribution in [0.4, 0.5) is 0 Å². The van der Waals surface area contributed by atoms with Crippen LogP contribution in [-0.4, -0.2) is 9.13 Å². The molecular formula is C35H22N2S. The lowest BCUT2D eigenvalue weighted by atomic mass is 9.99. The van der Waals surface area contributed by atoms with Gasteiger partial charge in [-0.2, -0.15) is 0 Å². The molecule has 3 aromatic heterocycles. The third kappa shape index (κ3) is 2.47. The summed E-state index contributed by atoms with van der Waals surface area (Å²) in [7, 11) is 2.21. The smallest absolute Gasteiger partial charge is 0.0627 e. The molecule has 0 N–H and O–H groups in total. The third-order valence-corrected chi connectivity index (χ3v) is 9.42. The fraction of sp³-hybridized carbons (Fsp3) is 0.0286. The lowest BCUT2D eigenvalue weighted by Crippen LogP contribution is -1.95. The highest BCUT2D eigenvalue weighted by molar-refractivity contribution is 7.25. The third-order valence-electron chi connectivity index (χ3n) is 8.29. The van der Waals surface area contributed by atoms with E-state index in [1.807, 2.05) is 11.3 Å². The summed E-state index contributed by atoms with van der Waals surface area (Å²) in [6.07, 6.45) is 0. The second-order valence-electron chi connectivity index (χ2n) is 10.2. The zero-order valence-electron chi connectivity index (χ0n) is 20.8. The Labute approximate surface area is 222 Å². The molecule has 3 heterocycles. The number of aryl methyl sites for hydroxylation is 1. The van der Waals surface area contributed by atoms with Crippen LogP contribution in [0, 0.1) is 0 Å². The van der Waals surface area contributed by atoms with Crippen molar-refractivity contribution in [3.8, 4) is 5.69 Å². The summed E-state index contributed by atoms with van der Waals surface area (Å²) < 4.78 is 7.54. The second-order valence-corrected chi connectivity index (χ2v) is 11.3. The molecule has 9 aromatic rings. The molecule has 0 aliphatic carbocycles. The number of thiophene rings is 1. The average Bonchev–Trinajstić information content (AvgIpc) is 3.61. The van der Waals surface area contributed by atoms with Crippen molar-refractivity contribution in [2.75, 3.05) is 0 Å². The fourth-order valence-corrected chi connectivity index (χ4v) is 7.87. The first-order chi connectivity index (χ1) is 18.8. The summed E-state index contributed by atoms with van der Waals surface area (Å²) in [5.74, 6) is 0. The number of nitrogens with zero attached hydrogens (tertiary/aromatic N) is 2. The van der Waals surface area contributed by atoms with Crippen LogP contribution < -0.4 is 0 Å². The van der Waals surface area contributed by atoms with Gasteiger partial charge < -0.3 is 9.13 Å². The van der Waals surface area contributed by atoms with Crippen molar-refractivity contribution < 1.29 is 0 Å². The van der Waals surface area contributed by atoms with Crippen molar-refractivity contribution in [3.05, 3.63) is 115 Å². The normalized spacial score (nSPS) is 12.3. The number of benzene rings is 6. The standard InChI is InChI=1S/C35H22N2S/c1-36-28-15-7-4-13-26(28)32-33-27-14-5-8-16-29(27)37(35(33)25-12-3-2-11-24(25)34(32)36)21-18-19-23-22-10-6-9-17-30(22)38-31(23)20-21/h2-20H,1H3. The summed E-state index contributed by atoms with van der Waals surface area (Å²) >= 11 is 1.88. The van der Waals surface area contributed by atoms with Crippen LogP contribution in [-0.2, 0) is 7.05 Å². The van der Waals surface area contributed by atoms with Crippen LogP contribution in [0.5, 0.6) is 0 Å². The van der Waals surface area contributed by atoms with Crippen molar-refractivity contribution >= 4 is 85.9 Å². The number of aromatic nitrogens is 2. The predicted octanol–water partition coefficient (Wildman–Crippen LogP) is 9.95. The van der Waals surface area contributed by atoms with Crippen LogP contribution >= 0.6 is 11.3 Å². The molecule has 0 atom stereocenters. The van der Waals surface area contributed by atoms with Gasteiger partial charge in [0.1, 0.15) is 0 Å². The Bertz CT molecular complexity index is 2420. The van der Waals surface area contributed by atoms with Crippen molar-refractivity contribution in [3.63, 3.8) is 0 Å². The zero-order valence-corrected chi connectivity index (χ0v) is 21.6. The van der Waals surface area contributed by atoms with Gasteiger partial charge >= 0.3 is 0 Å². The van der Waals surface area contributed by atoms with Gasteiger partial charge in [-0.05, 0) is 30.3 Å². The maximum Gasteiger partial charge on any atom is 0.0627 e. The van der Waals surface area contributed by atoms with E-state index in [9.17, 15) is 0 Å². The monoisotopic (exact) mass is 502 g/mol. The molecule has 0 amide bonds. The highest BCUT2D eigenvalue weighted by Crippen LogP contribution is 2.46. The molecule has 0 bridgehead atoms. The Balaban J connectivity index is 1.55. The van der Waals surface area contributed by atoms with E-state index in [1.54, 1.807) is 0 Å². The number of rotatable bonds is 1. The SMILES string of the molecule is Cn1c2ccccc2c2c3c4ccccc4n(-c4ccc5c(c4)sc4ccccc45)c3c3ccccc3c21. The molecule has 0 saturated carbocycles. The van der Waals surface area contributed by atoms with E-state index < -0.39 is 0 Å². The maximum atomic E-state index is 2.50. The molecule has 2 nitrogen and oxygen atoms in total. The number of para-hydroxylation sites is 2. The van der Waals surface area contributed by atoms with Crippen LogP contribution in [0.1, 0.15) is 0 Å². The summed E-state index contributed by atoms with van der Waals surface area (Å²) in [5, 5.41) is 10.5. The first kappa shape index (κ1) is 20.5. The second kappa shape index (κ2) is 7.25. The number of hydrogen-bond acceptors (Lipinski definition) is 1. The van der Waals surface area contributed by atoms with E-state index >= 15 is 0 Å². The van der Waals surface area contributed by atoms with Gasteiger partial charge in [-0.25, -0.2) is 0 Å². The van der Waals surface area contributed by atoms with Crippen molar-refractivity contribution in [2.24, 2.45) is 7.05 Å². The molecule has 9 rings (SSSR count). The minimum absolute atomic E-state index is 1.21.